The highest BCUT2D eigenvalue weighted by molar-refractivity contribution is 9.10. The number of benzene rings is 2. The molecule has 11 heteroatoms. The molecule has 9 nitrogen and oxygen atoms in total. The Hall–Kier alpha value is -3.05. The first-order valence-corrected chi connectivity index (χ1v) is 10.6. The van der Waals surface area contributed by atoms with Crippen molar-refractivity contribution >= 4 is 56.6 Å². The number of carbonyl (C=O) groups excluding carboxylic acids is 2. The van der Waals surface area contributed by atoms with Gasteiger partial charge in [0.2, 0.25) is 17.6 Å². The van der Waals surface area contributed by atoms with E-state index in [0.29, 0.717) is 11.3 Å². The minimum absolute atomic E-state index is 0.0197. The van der Waals surface area contributed by atoms with Crippen LogP contribution in [0.4, 0.5) is 5.69 Å². The molecule has 3 N–H and O–H groups in total. The zero-order valence-corrected chi connectivity index (χ0v) is 19.0. The van der Waals surface area contributed by atoms with Gasteiger partial charge in [-0.1, -0.05) is 27.7 Å². The molecule has 2 aromatic carbocycles. The Morgan fingerprint density at radius 2 is 1.84 bits per heavy atom. The van der Waals surface area contributed by atoms with Gasteiger partial charge < -0.3 is 20.3 Å². The summed E-state index contributed by atoms with van der Waals surface area (Å²) >= 11 is 4.30. The maximum atomic E-state index is 12.7. The van der Waals surface area contributed by atoms with Gasteiger partial charge in [-0.15, -0.1) is 5.10 Å². The lowest BCUT2D eigenvalue weighted by Gasteiger charge is -2.14. The van der Waals surface area contributed by atoms with Crippen molar-refractivity contribution in [2.45, 2.75) is 11.7 Å². The van der Waals surface area contributed by atoms with Gasteiger partial charge in [0, 0.05) is 16.5 Å². The highest BCUT2D eigenvalue weighted by atomic mass is 79.9. The second-order valence-electron chi connectivity index (χ2n) is 6.31. The standard InChI is InChI=1S/C20H19BrN4O5S/c1-29-14-7-11(8-15(30-2)18(14)27)10-23-24-20(22)31-16-9-17(26)25(19(16)28)13-5-3-12(21)4-6-13/h3-8,10,16,27H,9H2,1-2H3,(H2,22,24). The summed E-state index contributed by atoms with van der Waals surface area (Å²) in [7, 11) is 2.83. The number of phenols is 1. The Bertz CT molecular complexity index is 1030. The molecule has 162 valence electrons. The topological polar surface area (TPSA) is 127 Å². The smallest absolute Gasteiger partial charge is 0.247 e. The average Bonchev–Trinajstić information content (AvgIpc) is 3.02. The summed E-state index contributed by atoms with van der Waals surface area (Å²) in [5.41, 5.74) is 6.95. The predicted octanol–water partition coefficient (Wildman–Crippen LogP) is 2.89. The number of anilines is 1. The largest absolute Gasteiger partial charge is 0.502 e. The van der Waals surface area contributed by atoms with Crippen LogP contribution in [0.15, 0.2) is 51.1 Å². The number of imide groups is 1. The molecule has 1 aliphatic rings. The van der Waals surface area contributed by atoms with Gasteiger partial charge in [0.15, 0.2) is 16.7 Å². The number of carbonyl (C=O) groups is 2. The molecule has 2 amide bonds. The van der Waals surface area contributed by atoms with Crippen molar-refractivity contribution in [1.82, 2.24) is 0 Å². The summed E-state index contributed by atoms with van der Waals surface area (Å²) in [6.45, 7) is 0. The van der Waals surface area contributed by atoms with Crippen LogP contribution < -0.4 is 20.1 Å². The zero-order chi connectivity index (χ0) is 22.5. The van der Waals surface area contributed by atoms with Gasteiger partial charge in [0.1, 0.15) is 5.25 Å². The summed E-state index contributed by atoms with van der Waals surface area (Å²) in [4.78, 5) is 26.2. The van der Waals surface area contributed by atoms with E-state index in [-0.39, 0.29) is 40.7 Å². The van der Waals surface area contributed by atoms with E-state index in [1.54, 1.807) is 36.4 Å². The van der Waals surface area contributed by atoms with Crippen LogP contribution >= 0.6 is 27.7 Å². The quantitative estimate of drug-likeness (QED) is 0.267. The van der Waals surface area contributed by atoms with E-state index in [9.17, 15) is 14.7 Å². The first-order valence-electron chi connectivity index (χ1n) is 8.94. The first-order chi connectivity index (χ1) is 14.8. The molecule has 0 bridgehead atoms. The second-order valence-corrected chi connectivity index (χ2v) is 8.45. The van der Waals surface area contributed by atoms with Gasteiger partial charge in [-0.2, -0.15) is 5.10 Å². The Morgan fingerprint density at radius 1 is 1.23 bits per heavy atom. The SMILES string of the molecule is COc1cc(C=NN=C(N)SC2CC(=O)N(c3ccc(Br)cc3)C2=O)cc(OC)c1O. The van der Waals surface area contributed by atoms with Crippen molar-refractivity contribution in [2.24, 2.45) is 15.9 Å². The maximum Gasteiger partial charge on any atom is 0.247 e. The number of hydrogen-bond acceptors (Lipinski definition) is 8. The molecule has 0 aromatic heterocycles. The number of nitrogens with zero attached hydrogens (tertiary/aromatic N) is 3. The third kappa shape index (κ3) is 5.17. The fourth-order valence-electron chi connectivity index (χ4n) is 2.87. The van der Waals surface area contributed by atoms with Crippen LogP contribution in [0.3, 0.4) is 0 Å². The van der Waals surface area contributed by atoms with E-state index in [1.165, 1.54) is 20.4 Å². The summed E-state index contributed by atoms with van der Waals surface area (Å²) in [6, 6.07) is 10.00. The fraction of sp³-hybridized carbons (Fsp3) is 0.200. The number of phenolic OH excluding ortho intramolecular Hbond substituents is 1. The number of nitrogens with two attached hydrogens (primary N) is 1. The highest BCUT2D eigenvalue weighted by Crippen LogP contribution is 2.36. The number of halogens is 1. The van der Waals surface area contributed by atoms with Crippen molar-refractivity contribution in [3.8, 4) is 17.2 Å². The van der Waals surface area contributed by atoms with Gasteiger partial charge in [0.25, 0.3) is 0 Å². The number of rotatable bonds is 6. The molecule has 1 heterocycles. The van der Waals surface area contributed by atoms with Gasteiger partial charge in [-0.05, 0) is 36.4 Å². The van der Waals surface area contributed by atoms with E-state index in [1.807, 2.05) is 0 Å². The number of amidine groups is 1. The number of aromatic hydroxyl groups is 1. The van der Waals surface area contributed by atoms with Crippen molar-refractivity contribution in [1.29, 1.82) is 0 Å². The molecule has 1 saturated heterocycles. The average molecular weight is 507 g/mol. The lowest BCUT2D eigenvalue weighted by atomic mass is 10.2. The van der Waals surface area contributed by atoms with Crippen LogP contribution in [0.2, 0.25) is 0 Å². The Labute approximate surface area is 191 Å². The number of ether oxygens (including phenoxy) is 2. The number of thioether (sulfide) groups is 1. The van der Waals surface area contributed by atoms with Crippen LogP contribution in [0.25, 0.3) is 0 Å². The van der Waals surface area contributed by atoms with Crippen LogP contribution in [0.1, 0.15) is 12.0 Å². The van der Waals surface area contributed by atoms with Crippen molar-refractivity contribution in [3.05, 3.63) is 46.4 Å². The monoisotopic (exact) mass is 506 g/mol. The van der Waals surface area contributed by atoms with Crippen LogP contribution in [-0.2, 0) is 9.59 Å². The van der Waals surface area contributed by atoms with Gasteiger partial charge in [0.05, 0.1) is 26.1 Å². The normalized spacial score (nSPS) is 16.9. The van der Waals surface area contributed by atoms with Crippen molar-refractivity contribution < 1.29 is 24.2 Å². The van der Waals surface area contributed by atoms with E-state index in [4.69, 9.17) is 15.2 Å². The third-order valence-corrected chi connectivity index (χ3v) is 5.82. The summed E-state index contributed by atoms with van der Waals surface area (Å²) in [5.74, 6) is -0.345. The molecular formula is C20H19BrN4O5S. The molecule has 3 rings (SSSR count). The Balaban J connectivity index is 1.69. The zero-order valence-electron chi connectivity index (χ0n) is 16.6. The van der Waals surface area contributed by atoms with Crippen LogP contribution in [-0.4, -0.2) is 47.8 Å². The first kappa shape index (κ1) is 22.6. The molecule has 1 unspecified atom stereocenters. The number of amides is 2. The minimum Gasteiger partial charge on any atom is -0.502 e. The van der Waals surface area contributed by atoms with E-state index in [0.717, 1.165) is 21.1 Å². The number of hydrogen-bond donors (Lipinski definition) is 2. The van der Waals surface area contributed by atoms with Crippen molar-refractivity contribution in [2.75, 3.05) is 19.1 Å². The molecule has 1 aliphatic heterocycles. The predicted molar refractivity (Wildman–Crippen MR) is 123 cm³/mol. The van der Waals surface area contributed by atoms with Gasteiger partial charge >= 0.3 is 0 Å². The van der Waals surface area contributed by atoms with E-state index in [2.05, 4.69) is 26.1 Å². The Morgan fingerprint density at radius 3 is 2.42 bits per heavy atom. The minimum atomic E-state index is -0.677. The third-order valence-electron chi connectivity index (χ3n) is 4.32. The lowest BCUT2D eigenvalue weighted by Crippen LogP contribution is -2.31. The van der Waals surface area contributed by atoms with E-state index < -0.39 is 5.25 Å². The molecule has 0 aliphatic carbocycles. The molecule has 31 heavy (non-hydrogen) atoms. The van der Waals surface area contributed by atoms with Gasteiger partial charge in [-0.25, -0.2) is 4.90 Å². The van der Waals surface area contributed by atoms with Crippen LogP contribution in [0, 0.1) is 0 Å². The maximum absolute atomic E-state index is 12.7. The second kappa shape index (κ2) is 9.84. The molecule has 1 fully saturated rings. The van der Waals surface area contributed by atoms with Crippen LogP contribution in [0.5, 0.6) is 17.2 Å². The molecular weight excluding hydrogens is 488 g/mol. The Kier molecular flexibility index (Phi) is 7.18. The summed E-state index contributed by atoms with van der Waals surface area (Å²) in [5, 5.41) is 17.1. The molecule has 1 atom stereocenters. The summed E-state index contributed by atoms with van der Waals surface area (Å²) < 4.78 is 11.0. The summed E-state index contributed by atoms with van der Waals surface area (Å²) in [6.07, 6.45) is 1.42. The molecule has 0 spiro atoms. The molecule has 2 aromatic rings. The van der Waals surface area contributed by atoms with E-state index >= 15 is 0 Å². The van der Waals surface area contributed by atoms with Gasteiger partial charge in [-0.3, -0.25) is 9.59 Å². The highest BCUT2D eigenvalue weighted by Gasteiger charge is 2.40. The molecule has 0 saturated carbocycles. The molecule has 0 radical (unpaired) electrons. The van der Waals surface area contributed by atoms with Crippen molar-refractivity contribution in [3.63, 3.8) is 0 Å². The fourth-order valence-corrected chi connectivity index (χ4v) is 3.95. The lowest BCUT2D eigenvalue weighted by molar-refractivity contribution is -0.121. The number of methoxy groups -OCH3 is 2.